The maximum Gasteiger partial charge on any atom is 0.233 e. The van der Waals surface area contributed by atoms with Crippen molar-refractivity contribution in [2.45, 2.75) is 30.4 Å². The summed E-state index contributed by atoms with van der Waals surface area (Å²) in [6.45, 7) is 4.95. The fraction of sp³-hybridized carbons (Fsp3) is 0.316. The van der Waals surface area contributed by atoms with Crippen LogP contribution in [-0.4, -0.2) is 24.3 Å². The van der Waals surface area contributed by atoms with E-state index in [1.54, 1.807) is 0 Å². The Morgan fingerprint density at radius 3 is 2.46 bits per heavy atom. The zero-order valence-electron chi connectivity index (χ0n) is 13.9. The second-order valence-corrected chi connectivity index (χ2v) is 7.20. The Morgan fingerprint density at radius 1 is 1.17 bits per heavy atom. The van der Waals surface area contributed by atoms with Crippen molar-refractivity contribution >= 4 is 29.3 Å². The maximum atomic E-state index is 12.1. The molecular weight excluding hydrogens is 342 g/mol. The Hall–Kier alpha value is -1.65. The molecule has 0 aliphatic carbocycles. The normalized spacial score (nSPS) is 11.8. The van der Waals surface area contributed by atoms with Crippen LogP contribution in [0.25, 0.3) is 0 Å². The number of carbonyl (C=O) groups excluding carboxylic acids is 1. The number of benzene rings is 2. The van der Waals surface area contributed by atoms with Crippen LogP contribution in [0, 0.1) is 0 Å². The molecule has 2 rings (SSSR count). The van der Waals surface area contributed by atoms with Crippen molar-refractivity contribution in [2.24, 2.45) is 0 Å². The number of hydrogen-bond donors (Lipinski definition) is 1. The highest BCUT2D eigenvalue weighted by atomic mass is 35.5. The Morgan fingerprint density at radius 2 is 1.83 bits per heavy atom. The molecule has 0 radical (unpaired) electrons. The number of ether oxygens (including phenoxy) is 1. The quantitative estimate of drug-likeness (QED) is 0.551. The predicted molar refractivity (Wildman–Crippen MR) is 101 cm³/mol. The summed E-state index contributed by atoms with van der Waals surface area (Å²) in [6, 6.07) is 15.5. The van der Waals surface area contributed by atoms with E-state index < -0.39 is 0 Å². The van der Waals surface area contributed by atoms with E-state index in [0.29, 0.717) is 18.2 Å². The van der Waals surface area contributed by atoms with Gasteiger partial charge >= 0.3 is 0 Å². The minimum Gasteiger partial charge on any atom is -0.492 e. The van der Waals surface area contributed by atoms with E-state index >= 15 is 0 Å². The van der Waals surface area contributed by atoms with Gasteiger partial charge in [0, 0.05) is 9.92 Å². The molecule has 0 spiro atoms. The van der Waals surface area contributed by atoms with Gasteiger partial charge in [-0.1, -0.05) is 30.7 Å². The minimum atomic E-state index is -0.171. The smallest absolute Gasteiger partial charge is 0.233 e. The highest BCUT2D eigenvalue weighted by Gasteiger charge is 2.13. The fourth-order valence-electron chi connectivity index (χ4n) is 2.08. The van der Waals surface area contributed by atoms with Gasteiger partial charge < -0.3 is 10.1 Å². The first-order valence-corrected chi connectivity index (χ1v) is 9.26. The molecule has 1 N–H and O–H groups in total. The summed E-state index contributed by atoms with van der Waals surface area (Å²) < 4.78 is 5.63. The number of nitrogens with one attached hydrogen (secondary N) is 1. The molecule has 0 bridgehead atoms. The summed E-state index contributed by atoms with van der Waals surface area (Å²) in [4.78, 5) is 13.1. The number of amides is 1. The van der Waals surface area contributed by atoms with Crippen LogP contribution in [0.5, 0.6) is 5.75 Å². The van der Waals surface area contributed by atoms with Crippen LogP contribution in [0.3, 0.4) is 0 Å². The van der Waals surface area contributed by atoms with Crippen molar-refractivity contribution < 1.29 is 9.53 Å². The summed E-state index contributed by atoms with van der Waals surface area (Å²) in [6.07, 6.45) is 1.01. The number of carbonyl (C=O) groups is 1. The summed E-state index contributed by atoms with van der Waals surface area (Å²) in [5, 5.41) is 3.42. The molecule has 0 heterocycles. The monoisotopic (exact) mass is 363 g/mol. The Bertz CT molecular complexity index is 643. The predicted octanol–water partition coefficient (Wildman–Crippen LogP) is 4.58. The van der Waals surface area contributed by atoms with E-state index in [1.807, 2.05) is 43.3 Å². The second-order valence-electron chi connectivity index (χ2n) is 5.35. The third kappa shape index (κ3) is 6.10. The average molecular weight is 364 g/mol. The topological polar surface area (TPSA) is 38.3 Å². The lowest BCUT2D eigenvalue weighted by Gasteiger charge is -2.12. The van der Waals surface area contributed by atoms with Gasteiger partial charge in [0.2, 0.25) is 5.91 Å². The molecule has 3 nitrogen and oxygen atoms in total. The maximum absolute atomic E-state index is 12.1. The lowest BCUT2D eigenvalue weighted by atomic mass is 10.2. The van der Waals surface area contributed by atoms with Crippen LogP contribution in [-0.2, 0) is 11.2 Å². The molecule has 1 unspecified atom stereocenters. The number of aryl methyl sites for hydroxylation is 1. The zero-order chi connectivity index (χ0) is 17.4. The van der Waals surface area contributed by atoms with Crippen LogP contribution in [0.2, 0.25) is 5.02 Å². The van der Waals surface area contributed by atoms with E-state index in [-0.39, 0.29) is 11.2 Å². The second kappa shape index (κ2) is 9.60. The van der Waals surface area contributed by atoms with Crippen LogP contribution in [0.15, 0.2) is 53.4 Å². The van der Waals surface area contributed by atoms with Gasteiger partial charge in [-0.3, -0.25) is 4.79 Å². The molecule has 24 heavy (non-hydrogen) atoms. The van der Waals surface area contributed by atoms with Gasteiger partial charge in [-0.2, -0.15) is 0 Å². The first kappa shape index (κ1) is 18.7. The first-order chi connectivity index (χ1) is 11.6. The third-order valence-electron chi connectivity index (χ3n) is 3.50. The molecule has 1 atom stereocenters. The largest absolute Gasteiger partial charge is 0.492 e. The van der Waals surface area contributed by atoms with Crippen molar-refractivity contribution in [1.82, 2.24) is 5.32 Å². The van der Waals surface area contributed by atoms with Crippen LogP contribution in [0.4, 0.5) is 0 Å². The molecule has 0 aromatic heterocycles. The van der Waals surface area contributed by atoms with Crippen molar-refractivity contribution in [1.29, 1.82) is 0 Å². The van der Waals surface area contributed by atoms with Crippen LogP contribution in [0.1, 0.15) is 19.4 Å². The van der Waals surface area contributed by atoms with E-state index in [2.05, 4.69) is 24.4 Å². The highest BCUT2D eigenvalue weighted by Crippen LogP contribution is 2.24. The van der Waals surface area contributed by atoms with Crippen molar-refractivity contribution in [3.63, 3.8) is 0 Å². The van der Waals surface area contributed by atoms with Gasteiger partial charge in [-0.25, -0.2) is 0 Å². The molecule has 1 amide bonds. The van der Waals surface area contributed by atoms with E-state index in [0.717, 1.165) is 17.1 Å². The lowest BCUT2D eigenvalue weighted by Crippen LogP contribution is -2.33. The van der Waals surface area contributed by atoms with Crippen molar-refractivity contribution in [3.05, 3.63) is 59.1 Å². The van der Waals surface area contributed by atoms with Gasteiger partial charge in [-0.15, -0.1) is 11.8 Å². The fourth-order valence-corrected chi connectivity index (χ4v) is 3.10. The average Bonchev–Trinajstić information content (AvgIpc) is 2.61. The van der Waals surface area contributed by atoms with Crippen molar-refractivity contribution in [3.8, 4) is 5.75 Å². The van der Waals surface area contributed by atoms with Crippen molar-refractivity contribution in [2.75, 3.05) is 13.2 Å². The van der Waals surface area contributed by atoms with E-state index in [1.165, 1.54) is 17.3 Å². The Labute approximate surface area is 152 Å². The standard InChI is InChI=1S/C19H22ClNO2S/c1-3-15-4-8-17(9-5-15)23-13-12-21-19(22)14(2)24-18-10-6-16(20)7-11-18/h4-11,14H,3,12-13H2,1-2H3,(H,21,22). The molecule has 5 heteroatoms. The van der Waals surface area contributed by atoms with Gasteiger partial charge in [0.1, 0.15) is 12.4 Å². The van der Waals surface area contributed by atoms with Gasteiger partial charge in [0.15, 0.2) is 0 Å². The number of rotatable bonds is 8. The number of thioether (sulfide) groups is 1. The SMILES string of the molecule is CCc1ccc(OCCNC(=O)C(C)Sc2ccc(Cl)cc2)cc1. The summed E-state index contributed by atoms with van der Waals surface area (Å²) in [7, 11) is 0. The highest BCUT2D eigenvalue weighted by molar-refractivity contribution is 8.00. The number of halogens is 1. The van der Waals surface area contributed by atoms with Crippen LogP contribution >= 0.6 is 23.4 Å². The first-order valence-electron chi connectivity index (χ1n) is 8.00. The Kier molecular flexibility index (Phi) is 7.47. The molecule has 0 saturated carbocycles. The van der Waals surface area contributed by atoms with Crippen LogP contribution < -0.4 is 10.1 Å². The van der Waals surface area contributed by atoms with Gasteiger partial charge in [0.05, 0.1) is 11.8 Å². The summed E-state index contributed by atoms with van der Waals surface area (Å²) in [5.41, 5.74) is 1.28. The molecule has 0 saturated heterocycles. The third-order valence-corrected chi connectivity index (χ3v) is 4.86. The summed E-state index contributed by atoms with van der Waals surface area (Å²) >= 11 is 7.37. The minimum absolute atomic E-state index is 0.000110. The molecule has 0 aliphatic rings. The molecule has 0 fully saturated rings. The Balaban J connectivity index is 1.69. The lowest BCUT2D eigenvalue weighted by molar-refractivity contribution is -0.120. The van der Waals surface area contributed by atoms with Gasteiger partial charge in [-0.05, 0) is 55.3 Å². The van der Waals surface area contributed by atoms with E-state index in [4.69, 9.17) is 16.3 Å². The van der Waals surface area contributed by atoms with E-state index in [9.17, 15) is 4.79 Å². The van der Waals surface area contributed by atoms with Gasteiger partial charge in [0.25, 0.3) is 0 Å². The molecule has 2 aromatic rings. The summed E-state index contributed by atoms with van der Waals surface area (Å²) in [5.74, 6) is 0.824. The molecule has 2 aromatic carbocycles. The molecular formula is C19H22ClNO2S. The zero-order valence-corrected chi connectivity index (χ0v) is 15.5. The molecule has 128 valence electrons. The molecule has 0 aliphatic heterocycles. The number of hydrogen-bond acceptors (Lipinski definition) is 3.